The first-order chi connectivity index (χ1) is 11.1. The van der Waals surface area contributed by atoms with Gasteiger partial charge in [-0.3, -0.25) is 0 Å². The third kappa shape index (κ3) is 28.5. The van der Waals surface area contributed by atoms with Gasteiger partial charge in [-0.25, -0.2) is 0 Å². The quantitative estimate of drug-likeness (QED) is 0.361. The summed E-state index contributed by atoms with van der Waals surface area (Å²) >= 11 is 0. The van der Waals surface area contributed by atoms with E-state index >= 15 is 0 Å². The fourth-order valence-corrected chi connectivity index (χ4v) is 1.82. The van der Waals surface area contributed by atoms with Crippen LogP contribution in [0.2, 0.25) is 39.3 Å². The Morgan fingerprint density at radius 3 is 1.62 bits per heavy atom. The van der Waals surface area contributed by atoms with E-state index in [1.165, 1.54) is 0 Å². The van der Waals surface area contributed by atoms with Crippen LogP contribution in [0.15, 0.2) is 0 Å². The molecule has 0 saturated carbocycles. The SMILES string of the molecule is C[Si](C)(C)C#CC#CCCC=O.C[Si](C)(C)C#CC#CCCCO. The van der Waals surface area contributed by atoms with Crippen molar-refractivity contribution in [1.82, 2.24) is 0 Å². The van der Waals surface area contributed by atoms with E-state index in [1.54, 1.807) is 0 Å². The molecule has 0 atom stereocenters. The van der Waals surface area contributed by atoms with Crippen molar-refractivity contribution in [3.63, 3.8) is 0 Å². The Hall–Kier alpha value is -1.70. The van der Waals surface area contributed by atoms with Gasteiger partial charge in [0.15, 0.2) is 0 Å². The molecule has 2 nitrogen and oxygen atoms in total. The number of rotatable bonds is 4. The predicted molar refractivity (Wildman–Crippen MR) is 109 cm³/mol. The van der Waals surface area contributed by atoms with Gasteiger partial charge in [0.1, 0.15) is 22.4 Å². The molecule has 0 spiro atoms. The van der Waals surface area contributed by atoms with Crippen molar-refractivity contribution >= 4 is 22.4 Å². The number of hydrogen-bond donors (Lipinski definition) is 1. The van der Waals surface area contributed by atoms with E-state index in [1.807, 2.05) is 0 Å². The second kappa shape index (κ2) is 14.9. The number of aldehydes is 1. The Labute approximate surface area is 150 Å². The first-order valence-corrected chi connectivity index (χ1v) is 15.2. The summed E-state index contributed by atoms with van der Waals surface area (Å²) in [5.41, 5.74) is 6.28. The smallest absolute Gasteiger partial charge is 0.130 e. The molecule has 0 rings (SSSR count). The van der Waals surface area contributed by atoms with Gasteiger partial charge in [0, 0.05) is 25.9 Å². The van der Waals surface area contributed by atoms with Gasteiger partial charge in [0.25, 0.3) is 0 Å². The second-order valence-corrected chi connectivity index (χ2v) is 16.6. The van der Waals surface area contributed by atoms with Gasteiger partial charge in [0.2, 0.25) is 0 Å². The van der Waals surface area contributed by atoms with Gasteiger partial charge in [-0.05, 0) is 30.1 Å². The highest BCUT2D eigenvalue weighted by atomic mass is 28.3. The average Bonchev–Trinajstić information content (AvgIpc) is 2.45. The number of aliphatic hydroxyl groups is 1. The lowest BCUT2D eigenvalue weighted by Gasteiger charge is -2.01. The fraction of sp³-hybridized carbons (Fsp3) is 0.550. The normalized spacial score (nSPS) is 9.12. The van der Waals surface area contributed by atoms with Gasteiger partial charge in [-0.15, -0.1) is 11.1 Å². The van der Waals surface area contributed by atoms with Gasteiger partial charge in [-0.1, -0.05) is 51.1 Å². The summed E-state index contributed by atoms with van der Waals surface area (Å²) in [6.45, 7) is 13.3. The lowest BCUT2D eigenvalue weighted by atomic mass is 10.3. The van der Waals surface area contributed by atoms with Crippen LogP contribution in [-0.2, 0) is 4.79 Å². The molecule has 0 amide bonds. The molecule has 0 bridgehead atoms. The van der Waals surface area contributed by atoms with E-state index in [-0.39, 0.29) is 6.61 Å². The second-order valence-electron chi connectivity index (χ2n) is 7.14. The van der Waals surface area contributed by atoms with Crippen molar-refractivity contribution in [3.8, 4) is 46.6 Å². The van der Waals surface area contributed by atoms with E-state index in [9.17, 15) is 4.79 Å². The molecule has 0 fully saturated rings. The molecule has 0 aromatic carbocycles. The standard InChI is InChI=1S/C10H16OSi.C10H14OSi/c2*1-12(2,3)10-8-6-4-5-7-9-11/h11H,5,7,9H2,1-3H3;9H,5,7H2,1-3H3. The van der Waals surface area contributed by atoms with Gasteiger partial charge < -0.3 is 9.90 Å². The maximum atomic E-state index is 9.90. The molecule has 0 aliphatic carbocycles. The van der Waals surface area contributed by atoms with E-state index in [2.05, 4.69) is 85.9 Å². The van der Waals surface area contributed by atoms with Crippen LogP contribution in [0, 0.1) is 46.6 Å². The minimum Gasteiger partial charge on any atom is -0.396 e. The van der Waals surface area contributed by atoms with Crippen LogP contribution in [0.5, 0.6) is 0 Å². The molecule has 0 radical (unpaired) electrons. The summed E-state index contributed by atoms with van der Waals surface area (Å²) in [5, 5.41) is 8.46. The third-order valence-electron chi connectivity index (χ3n) is 2.02. The highest BCUT2D eigenvalue weighted by molar-refractivity contribution is 6.84. The highest BCUT2D eigenvalue weighted by Gasteiger charge is 2.07. The van der Waals surface area contributed by atoms with Crippen molar-refractivity contribution in [2.75, 3.05) is 6.61 Å². The molecule has 0 saturated heterocycles. The lowest BCUT2D eigenvalue weighted by Crippen LogP contribution is -2.16. The fourth-order valence-electron chi connectivity index (χ4n) is 0.949. The summed E-state index contributed by atoms with van der Waals surface area (Å²) in [6, 6.07) is 0. The molecule has 0 aliphatic rings. The first-order valence-electron chi connectivity index (χ1n) is 8.17. The van der Waals surface area contributed by atoms with Crippen molar-refractivity contribution in [1.29, 1.82) is 0 Å². The largest absolute Gasteiger partial charge is 0.396 e. The van der Waals surface area contributed by atoms with Crippen LogP contribution in [0.25, 0.3) is 0 Å². The van der Waals surface area contributed by atoms with E-state index in [0.29, 0.717) is 12.8 Å². The number of aliphatic hydroxyl groups excluding tert-OH is 1. The van der Waals surface area contributed by atoms with Gasteiger partial charge >= 0.3 is 0 Å². The maximum Gasteiger partial charge on any atom is 0.130 e. The summed E-state index contributed by atoms with van der Waals surface area (Å²) in [4.78, 5) is 9.90. The third-order valence-corrected chi connectivity index (χ3v) is 3.77. The van der Waals surface area contributed by atoms with Crippen LogP contribution in [0.1, 0.15) is 25.7 Å². The van der Waals surface area contributed by atoms with Crippen molar-refractivity contribution in [3.05, 3.63) is 0 Å². The molecular weight excluding hydrogens is 328 g/mol. The summed E-state index contributed by atoms with van der Waals surface area (Å²) < 4.78 is 0. The topological polar surface area (TPSA) is 37.3 Å². The molecule has 24 heavy (non-hydrogen) atoms. The molecule has 0 aromatic heterocycles. The summed E-state index contributed by atoms with van der Waals surface area (Å²) in [6.07, 6.45) is 3.52. The van der Waals surface area contributed by atoms with Gasteiger partial charge in [0.05, 0.1) is 0 Å². The van der Waals surface area contributed by atoms with Crippen LogP contribution in [-0.4, -0.2) is 34.1 Å². The van der Waals surface area contributed by atoms with Crippen LogP contribution in [0.3, 0.4) is 0 Å². The zero-order valence-corrected chi connectivity index (χ0v) is 18.0. The molecular formula is C20H30O2Si2. The van der Waals surface area contributed by atoms with Gasteiger partial charge in [-0.2, -0.15) is 0 Å². The monoisotopic (exact) mass is 358 g/mol. The van der Waals surface area contributed by atoms with Crippen molar-refractivity contribution < 1.29 is 9.90 Å². The lowest BCUT2D eigenvalue weighted by molar-refractivity contribution is -0.107. The summed E-state index contributed by atoms with van der Waals surface area (Å²) in [7, 11) is -2.50. The molecule has 130 valence electrons. The van der Waals surface area contributed by atoms with Crippen LogP contribution in [0.4, 0.5) is 0 Å². The van der Waals surface area contributed by atoms with Crippen molar-refractivity contribution in [2.45, 2.75) is 65.0 Å². The number of carbonyl (C=O) groups is 1. The molecule has 0 aromatic rings. The number of hydrogen-bond acceptors (Lipinski definition) is 2. The van der Waals surface area contributed by atoms with E-state index < -0.39 is 16.1 Å². The molecule has 1 N–H and O–H groups in total. The Balaban J connectivity index is 0. The zero-order valence-electron chi connectivity index (χ0n) is 16.0. The Morgan fingerprint density at radius 2 is 1.25 bits per heavy atom. The Morgan fingerprint density at radius 1 is 0.792 bits per heavy atom. The van der Waals surface area contributed by atoms with Crippen LogP contribution < -0.4 is 0 Å². The molecule has 0 heterocycles. The predicted octanol–water partition coefficient (Wildman–Crippen LogP) is 3.49. The van der Waals surface area contributed by atoms with E-state index in [0.717, 1.165) is 19.1 Å². The first kappa shape index (κ1) is 24.6. The molecule has 4 heteroatoms. The maximum absolute atomic E-state index is 9.90. The highest BCUT2D eigenvalue weighted by Crippen LogP contribution is 1.96. The number of unbranched alkanes of at least 4 members (excludes halogenated alkanes) is 2. The van der Waals surface area contributed by atoms with Crippen molar-refractivity contribution in [2.24, 2.45) is 0 Å². The zero-order chi connectivity index (χ0) is 18.9. The van der Waals surface area contributed by atoms with E-state index in [4.69, 9.17) is 5.11 Å². The molecule has 0 aliphatic heterocycles. The Bertz CT molecular complexity index is 592. The molecule has 0 unspecified atom stereocenters. The number of carbonyl (C=O) groups excluding carboxylic acids is 1. The minimum atomic E-state index is -1.26. The van der Waals surface area contributed by atoms with Crippen LogP contribution >= 0.6 is 0 Å². The summed E-state index contributed by atoms with van der Waals surface area (Å²) in [5.74, 6) is 16.9. The Kier molecular flexibility index (Phi) is 15.2. The average molecular weight is 359 g/mol. The minimum absolute atomic E-state index is 0.218.